The number of aromatic nitrogens is 3. The Morgan fingerprint density at radius 3 is 2.42 bits per heavy atom. The predicted molar refractivity (Wildman–Crippen MR) is 130 cm³/mol. The Labute approximate surface area is 235 Å². The van der Waals surface area contributed by atoms with Gasteiger partial charge in [0.15, 0.2) is 12.4 Å². The summed E-state index contributed by atoms with van der Waals surface area (Å²) in [4.78, 5) is 30.3. The van der Waals surface area contributed by atoms with E-state index in [1.54, 1.807) is 0 Å². The number of nitrogens with two attached hydrogens (primary N) is 1. The number of fused-ring (bicyclic) bond motifs is 1. The third-order valence-electron chi connectivity index (χ3n) is 7.12. The fourth-order valence-corrected chi connectivity index (χ4v) is 5.06. The molecule has 3 heterocycles. The molecule has 9 nitrogen and oxygen atoms in total. The van der Waals surface area contributed by atoms with E-state index >= 15 is 0 Å². The van der Waals surface area contributed by atoms with Crippen molar-refractivity contribution in [2.45, 2.75) is 43.3 Å². The number of nitrogen functional groups attached to an aromatic ring is 1. The van der Waals surface area contributed by atoms with Gasteiger partial charge in [0, 0.05) is 30.9 Å². The van der Waals surface area contributed by atoms with E-state index in [0.29, 0.717) is 6.07 Å². The van der Waals surface area contributed by atoms with E-state index in [4.69, 9.17) is 10.5 Å². The zero-order valence-electron chi connectivity index (χ0n) is 21.6. The van der Waals surface area contributed by atoms with Gasteiger partial charge in [-0.2, -0.15) is 31.4 Å². The van der Waals surface area contributed by atoms with Gasteiger partial charge in [0.2, 0.25) is 11.8 Å². The third kappa shape index (κ3) is 6.13. The molecule has 0 radical (unpaired) electrons. The Kier molecular flexibility index (Phi) is 7.36. The summed E-state index contributed by atoms with van der Waals surface area (Å²) >= 11 is 0. The molecule has 3 aromatic rings. The summed E-state index contributed by atoms with van der Waals surface area (Å²) in [6, 6.07) is 2.24. The molecule has 2 atom stereocenters. The molecular weight excluding hydrogens is 603 g/mol. The van der Waals surface area contributed by atoms with Crippen LogP contribution in [0.25, 0.3) is 16.8 Å². The number of benzene rings is 1. The Bertz CT molecular complexity index is 1560. The van der Waals surface area contributed by atoms with Gasteiger partial charge in [-0.15, -0.1) is 0 Å². The first-order valence-electron chi connectivity index (χ1n) is 12.6. The highest BCUT2D eigenvalue weighted by Gasteiger charge is 2.51. The van der Waals surface area contributed by atoms with Crippen LogP contribution in [0.5, 0.6) is 5.75 Å². The number of rotatable bonds is 6. The van der Waals surface area contributed by atoms with E-state index in [1.165, 1.54) is 0 Å². The zero-order chi connectivity index (χ0) is 31.5. The molecule has 2 amide bonds. The highest BCUT2D eigenvalue weighted by Crippen LogP contribution is 2.44. The second-order valence-corrected chi connectivity index (χ2v) is 10.3. The number of carbonyl (C=O) groups excluding carboxylic acids is 2. The molecular formula is C25H21F9N6O3. The number of amides is 2. The number of nitrogens with zero attached hydrogens (tertiary/aromatic N) is 4. The second kappa shape index (κ2) is 10.5. The maximum absolute atomic E-state index is 14.8. The number of halogens is 9. The molecule has 1 aromatic carbocycles. The first-order valence-corrected chi connectivity index (χ1v) is 12.6. The van der Waals surface area contributed by atoms with Crippen LogP contribution in [0.15, 0.2) is 30.6 Å². The van der Waals surface area contributed by atoms with Gasteiger partial charge in [0.25, 0.3) is 5.91 Å². The minimum Gasteiger partial charge on any atom is -0.483 e. The molecule has 1 aliphatic heterocycles. The number of ether oxygens (including phenoxy) is 1. The molecule has 0 spiro atoms. The lowest BCUT2D eigenvalue weighted by atomic mass is 9.80. The first kappa shape index (κ1) is 30.2. The van der Waals surface area contributed by atoms with E-state index < -0.39 is 109 Å². The van der Waals surface area contributed by atoms with Crippen molar-refractivity contribution >= 4 is 23.1 Å². The normalized spacial score (nSPS) is 20.7. The SMILES string of the molecule is Nc1ncnn2c(-c3ccc(OCC(F)(F)F)c(C(=O)N[C@@H]4CN(C(=O)C5CC(F)(F)C5)C[C@@H]4F)c3)cc(C(F)(F)F)c12. The van der Waals surface area contributed by atoms with Gasteiger partial charge in [0.1, 0.15) is 23.8 Å². The molecule has 2 aliphatic rings. The van der Waals surface area contributed by atoms with Crippen LogP contribution < -0.4 is 15.8 Å². The lowest BCUT2D eigenvalue weighted by molar-refractivity contribution is -0.159. The van der Waals surface area contributed by atoms with Gasteiger partial charge in [-0.05, 0) is 24.3 Å². The Balaban J connectivity index is 1.46. The van der Waals surface area contributed by atoms with Crippen molar-refractivity contribution in [2.24, 2.45) is 5.92 Å². The monoisotopic (exact) mass is 624 g/mol. The maximum Gasteiger partial charge on any atom is 0.422 e. The van der Waals surface area contributed by atoms with Crippen molar-refractivity contribution < 1.29 is 53.8 Å². The fourth-order valence-electron chi connectivity index (χ4n) is 5.06. The number of anilines is 1. The molecule has 1 saturated heterocycles. The Morgan fingerprint density at radius 1 is 1.09 bits per heavy atom. The van der Waals surface area contributed by atoms with Crippen LogP contribution in [0.4, 0.5) is 45.3 Å². The topological polar surface area (TPSA) is 115 Å². The van der Waals surface area contributed by atoms with Gasteiger partial charge in [-0.25, -0.2) is 22.7 Å². The van der Waals surface area contributed by atoms with E-state index in [-0.39, 0.29) is 11.3 Å². The Hall–Kier alpha value is -4.25. The van der Waals surface area contributed by atoms with Crippen molar-refractivity contribution in [1.29, 1.82) is 0 Å². The molecule has 18 heteroatoms. The van der Waals surface area contributed by atoms with E-state index in [1.807, 2.05) is 0 Å². The first-order chi connectivity index (χ1) is 19.9. The van der Waals surface area contributed by atoms with E-state index in [0.717, 1.165) is 33.9 Å². The van der Waals surface area contributed by atoms with Crippen molar-refractivity contribution in [3.63, 3.8) is 0 Å². The lowest BCUT2D eigenvalue weighted by Crippen LogP contribution is -2.47. The summed E-state index contributed by atoms with van der Waals surface area (Å²) in [7, 11) is 0. The van der Waals surface area contributed by atoms with Gasteiger partial charge < -0.3 is 20.7 Å². The molecule has 2 fully saturated rings. The molecule has 232 valence electrons. The molecule has 0 unspecified atom stereocenters. The number of alkyl halides is 9. The molecule has 0 bridgehead atoms. The van der Waals surface area contributed by atoms with Gasteiger partial charge in [0.05, 0.1) is 29.4 Å². The van der Waals surface area contributed by atoms with Crippen LogP contribution in [0.1, 0.15) is 28.8 Å². The summed E-state index contributed by atoms with van der Waals surface area (Å²) in [6.45, 7) is -2.74. The maximum atomic E-state index is 14.8. The van der Waals surface area contributed by atoms with Crippen molar-refractivity contribution in [1.82, 2.24) is 24.8 Å². The molecule has 5 rings (SSSR count). The summed E-state index contributed by atoms with van der Waals surface area (Å²) in [5, 5.41) is 6.05. The standard InChI is InChI=1S/C25H21F9N6O3/c26-15-7-39(22(42)12-5-23(27,28)6-12)8-16(15)38-21(41)13-3-11(1-2-18(13)43-9-24(29,30)31)17-4-14(25(32,33)34)19-20(35)36-10-37-40(17)19/h1-4,10,12,15-16H,5-9H2,(H,38,41)(H2,35,36,37)/t15-,16+/m0/s1. The number of likely N-dealkylation sites (tertiary alicyclic amines) is 1. The third-order valence-corrected chi connectivity index (χ3v) is 7.12. The zero-order valence-corrected chi connectivity index (χ0v) is 21.6. The fraction of sp³-hybridized carbons (Fsp3) is 0.440. The average molecular weight is 624 g/mol. The average Bonchev–Trinajstić information content (AvgIpc) is 3.47. The van der Waals surface area contributed by atoms with Gasteiger partial charge in [-0.3, -0.25) is 9.59 Å². The second-order valence-electron chi connectivity index (χ2n) is 10.3. The van der Waals surface area contributed by atoms with Crippen LogP contribution in [0, 0.1) is 5.92 Å². The molecule has 1 aliphatic carbocycles. The summed E-state index contributed by atoms with van der Waals surface area (Å²) in [5.74, 6) is -7.03. The van der Waals surface area contributed by atoms with Crippen LogP contribution >= 0.6 is 0 Å². The highest BCUT2D eigenvalue weighted by atomic mass is 19.4. The van der Waals surface area contributed by atoms with Crippen LogP contribution in [0.2, 0.25) is 0 Å². The number of nitrogens with one attached hydrogen (secondary N) is 1. The summed E-state index contributed by atoms with van der Waals surface area (Å²) in [6.07, 6.45) is -12.1. The van der Waals surface area contributed by atoms with Crippen molar-refractivity contribution in [2.75, 3.05) is 25.4 Å². The summed E-state index contributed by atoms with van der Waals surface area (Å²) < 4.78 is 127. The number of hydrogen-bond donors (Lipinski definition) is 2. The Morgan fingerprint density at radius 2 is 1.79 bits per heavy atom. The molecule has 2 aromatic heterocycles. The lowest BCUT2D eigenvalue weighted by Gasteiger charge is -2.36. The van der Waals surface area contributed by atoms with Crippen LogP contribution in [-0.2, 0) is 11.0 Å². The number of hydrogen-bond acceptors (Lipinski definition) is 6. The van der Waals surface area contributed by atoms with Gasteiger partial charge in [-0.1, -0.05) is 0 Å². The van der Waals surface area contributed by atoms with Crippen LogP contribution in [0.3, 0.4) is 0 Å². The van der Waals surface area contributed by atoms with Gasteiger partial charge >= 0.3 is 12.4 Å². The quantitative estimate of drug-likeness (QED) is 0.397. The van der Waals surface area contributed by atoms with Crippen molar-refractivity contribution in [3.05, 3.63) is 41.7 Å². The highest BCUT2D eigenvalue weighted by molar-refractivity contribution is 5.98. The minimum absolute atomic E-state index is 0.126. The number of carbonyl (C=O) groups is 2. The molecule has 3 N–H and O–H groups in total. The smallest absolute Gasteiger partial charge is 0.422 e. The summed E-state index contributed by atoms with van der Waals surface area (Å²) in [5.41, 5.74) is 2.85. The van der Waals surface area contributed by atoms with E-state index in [9.17, 15) is 49.1 Å². The molecule has 43 heavy (non-hydrogen) atoms. The van der Waals surface area contributed by atoms with Crippen molar-refractivity contribution in [3.8, 4) is 17.0 Å². The predicted octanol–water partition coefficient (Wildman–Crippen LogP) is 4.26. The minimum atomic E-state index is -4.91. The molecule has 1 saturated carbocycles. The largest absolute Gasteiger partial charge is 0.483 e. The van der Waals surface area contributed by atoms with E-state index in [2.05, 4.69) is 15.4 Å². The van der Waals surface area contributed by atoms with Crippen LogP contribution in [-0.4, -0.2) is 75.3 Å².